The van der Waals surface area contributed by atoms with Gasteiger partial charge in [-0.1, -0.05) is 11.6 Å². The second-order valence-corrected chi connectivity index (χ2v) is 10.6. The van der Waals surface area contributed by atoms with Crippen LogP contribution in [-0.4, -0.2) is 39.1 Å². The average Bonchev–Trinajstić information content (AvgIpc) is 3.42. The first kappa shape index (κ1) is 27.8. The van der Waals surface area contributed by atoms with Crippen molar-refractivity contribution in [2.75, 3.05) is 0 Å². The number of alkyl halides is 2. The molecule has 5 aromatic heterocycles. The Kier molecular flexibility index (Phi) is 6.71. The highest BCUT2D eigenvalue weighted by molar-refractivity contribution is 6.31. The van der Waals surface area contributed by atoms with Crippen LogP contribution in [0.15, 0.2) is 41.7 Å². The molecule has 14 heteroatoms. The molecule has 0 radical (unpaired) electrons. The fourth-order valence-corrected chi connectivity index (χ4v) is 5.63. The van der Waals surface area contributed by atoms with Crippen LogP contribution in [0.1, 0.15) is 58.8 Å². The molecular formula is C28H23ClF4N8O. The van der Waals surface area contributed by atoms with E-state index in [1.165, 1.54) is 35.5 Å². The number of aryl methyl sites for hydroxylation is 4. The summed E-state index contributed by atoms with van der Waals surface area (Å²) in [4.78, 5) is 26.0. The summed E-state index contributed by atoms with van der Waals surface area (Å²) in [5, 5.41) is 7.74. The summed E-state index contributed by atoms with van der Waals surface area (Å²) in [6.45, 7) is 3.75. The normalized spacial score (nSPS) is 16.4. The van der Waals surface area contributed by atoms with Crippen LogP contribution in [0, 0.1) is 39.3 Å². The van der Waals surface area contributed by atoms with Crippen molar-refractivity contribution in [3.8, 4) is 22.8 Å². The molecule has 5 heterocycles. The molecule has 1 aliphatic rings. The molecule has 0 saturated heterocycles. The standard InChI is InChI=1S/C28H23ClF4N8O/c1-12-9-35-24(17-5-6-34-26(22(17)30)41-15(4)37-14(3)38-41)23(31)25(12)40-13(2)7-20(21(29)27(40)42)19-8-18(19)16-10-36-39(11-16)28(32)33/h5-7,9-11,18-19,28H,8H2,1-4H3/t18-,19+/m1/s1. The molecule has 6 rings (SSSR count). The number of nitrogens with zero attached hydrogens (tertiary/aromatic N) is 8. The molecule has 0 N–H and O–H groups in total. The van der Waals surface area contributed by atoms with Gasteiger partial charge < -0.3 is 0 Å². The van der Waals surface area contributed by atoms with Crippen molar-refractivity contribution in [3.05, 3.63) is 98.0 Å². The monoisotopic (exact) mass is 598 g/mol. The second kappa shape index (κ2) is 10.2. The molecule has 0 unspecified atom stereocenters. The predicted molar refractivity (Wildman–Crippen MR) is 145 cm³/mol. The average molecular weight is 599 g/mol. The van der Waals surface area contributed by atoms with Gasteiger partial charge in [0.15, 0.2) is 17.5 Å². The number of halogens is 5. The molecule has 0 amide bonds. The SMILES string of the molecule is Cc1nc(C)n(-c2nccc(-c3ncc(C)c(-n4c(C)cc([C@H]5C[C@@H]5c5cnn(C(F)F)c5)c(Cl)c4=O)c3F)c2F)n1. The van der Waals surface area contributed by atoms with E-state index in [9.17, 15) is 13.6 Å². The van der Waals surface area contributed by atoms with Gasteiger partial charge in [0.05, 0.1) is 11.9 Å². The van der Waals surface area contributed by atoms with Gasteiger partial charge >= 0.3 is 6.55 Å². The van der Waals surface area contributed by atoms with E-state index >= 15 is 8.78 Å². The molecule has 216 valence electrons. The van der Waals surface area contributed by atoms with Gasteiger partial charge in [-0.15, -0.1) is 5.10 Å². The molecule has 1 saturated carbocycles. The molecule has 0 aliphatic heterocycles. The first-order chi connectivity index (χ1) is 20.0. The van der Waals surface area contributed by atoms with Gasteiger partial charge in [-0.25, -0.2) is 23.4 Å². The molecule has 0 spiro atoms. The van der Waals surface area contributed by atoms with Crippen LogP contribution in [0.2, 0.25) is 5.02 Å². The van der Waals surface area contributed by atoms with E-state index in [1.54, 1.807) is 33.8 Å². The first-order valence-electron chi connectivity index (χ1n) is 12.9. The van der Waals surface area contributed by atoms with Crippen molar-refractivity contribution in [3.63, 3.8) is 0 Å². The third-order valence-electron chi connectivity index (χ3n) is 7.40. The van der Waals surface area contributed by atoms with Crippen molar-refractivity contribution in [1.82, 2.24) is 39.1 Å². The van der Waals surface area contributed by atoms with E-state index in [0.717, 1.165) is 4.57 Å². The highest BCUT2D eigenvalue weighted by atomic mass is 35.5. The highest BCUT2D eigenvalue weighted by Crippen LogP contribution is 2.56. The Balaban J connectivity index is 1.42. The smallest absolute Gasteiger partial charge is 0.277 e. The summed E-state index contributed by atoms with van der Waals surface area (Å²) in [6.07, 6.45) is 5.92. The molecule has 1 fully saturated rings. The van der Waals surface area contributed by atoms with E-state index < -0.39 is 23.7 Å². The van der Waals surface area contributed by atoms with Crippen molar-refractivity contribution in [2.45, 2.75) is 52.5 Å². The Morgan fingerprint density at radius 2 is 1.81 bits per heavy atom. The minimum absolute atomic E-state index is 0.110. The van der Waals surface area contributed by atoms with Gasteiger partial charge in [0.1, 0.15) is 22.4 Å². The van der Waals surface area contributed by atoms with Crippen molar-refractivity contribution < 1.29 is 17.6 Å². The van der Waals surface area contributed by atoms with E-state index in [2.05, 4.69) is 25.1 Å². The molecule has 9 nitrogen and oxygen atoms in total. The minimum atomic E-state index is -2.75. The van der Waals surface area contributed by atoms with Crippen molar-refractivity contribution >= 4 is 11.6 Å². The zero-order valence-electron chi connectivity index (χ0n) is 22.8. The molecule has 42 heavy (non-hydrogen) atoms. The van der Waals surface area contributed by atoms with Gasteiger partial charge in [0.2, 0.25) is 0 Å². The maximum Gasteiger partial charge on any atom is 0.333 e. The fourth-order valence-electron chi connectivity index (χ4n) is 5.35. The molecule has 0 aromatic carbocycles. The van der Waals surface area contributed by atoms with Crippen LogP contribution in [0.25, 0.3) is 22.8 Å². The largest absolute Gasteiger partial charge is 0.333 e. The third-order valence-corrected chi connectivity index (χ3v) is 7.78. The lowest BCUT2D eigenvalue weighted by Gasteiger charge is -2.18. The summed E-state index contributed by atoms with van der Waals surface area (Å²) in [7, 11) is 0. The van der Waals surface area contributed by atoms with Crippen LogP contribution < -0.4 is 5.56 Å². The predicted octanol–water partition coefficient (Wildman–Crippen LogP) is 5.90. The van der Waals surface area contributed by atoms with Crippen LogP contribution in [0.3, 0.4) is 0 Å². The second-order valence-electron chi connectivity index (χ2n) is 10.2. The zero-order valence-corrected chi connectivity index (χ0v) is 23.5. The van der Waals surface area contributed by atoms with E-state index in [0.29, 0.717) is 45.1 Å². The highest BCUT2D eigenvalue weighted by Gasteiger charge is 2.42. The molecule has 5 aromatic rings. The molecule has 0 bridgehead atoms. The van der Waals surface area contributed by atoms with Crippen molar-refractivity contribution in [1.29, 1.82) is 0 Å². The van der Waals surface area contributed by atoms with Crippen LogP contribution >= 0.6 is 11.6 Å². The Labute approximate surface area is 241 Å². The van der Waals surface area contributed by atoms with Gasteiger partial charge in [0, 0.05) is 29.8 Å². The summed E-state index contributed by atoms with van der Waals surface area (Å²) >= 11 is 6.56. The van der Waals surface area contributed by atoms with E-state index in [1.807, 2.05) is 0 Å². The fraction of sp³-hybridized carbons (Fsp3) is 0.286. The Bertz CT molecular complexity index is 1930. The minimum Gasteiger partial charge on any atom is -0.277 e. The number of aromatic nitrogens is 8. The lowest BCUT2D eigenvalue weighted by atomic mass is 10.1. The van der Waals surface area contributed by atoms with Gasteiger partial charge in [-0.2, -0.15) is 18.6 Å². The number of rotatable bonds is 6. The third kappa shape index (κ3) is 4.48. The van der Waals surface area contributed by atoms with Crippen LogP contribution in [0.4, 0.5) is 17.6 Å². The Morgan fingerprint density at radius 1 is 1.05 bits per heavy atom. The summed E-state index contributed by atoms with van der Waals surface area (Å²) < 4.78 is 60.9. The Hall–Kier alpha value is -4.39. The van der Waals surface area contributed by atoms with Crippen LogP contribution in [-0.2, 0) is 0 Å². The number of hydrogen-bond acceptors (Lipinski definition) is 6. The summed E-state index contributed by atoms with van der Waals surface area (Å²) in [5.74, 6) is -1.45. The van der Waals surface area contributed by atoms with Crippen LogP contribution in [0.5, 0.6) is 0 Å². The topological polar surface area (TPSA) is 96.3 Å². The van der Waals surface area contributed by atoms with E-state index in [4.69, 9.17) is 11.6 Å². The lowest BCUT2D eigenvalue weighted by Crippen LogP contribution is -2.24. The molecular weight excluding hydrogens is 576 g/mol. The maximum absolute atomic E-state index is 16.3. The Morgan fingerprint density at radius 3 is 2.48 bits per heavy atom. The van der Waals surface area contributed by atoms with Gasteiger partial charge in [-0.3, -0.25) is 14.3 Å². The summed E-state index contributed by atoms with van der Waals surface area (Å²) in [6, 6.07) is 2.98. The number of pyridine rings is 3. The summed E-state index contributed by atoms with van der Waals surface area (Å²) in [5.41, 5.74) is 0.593. The molecule has 1 aliphatic carbocycles. The van der Waals surface area contributed by atoms with E-state index in [-0.39, 0.29) is 39.6 Å². The maximum atomic E-state index is 16.3. The zero-order chi connectivity index (χ0) is 30.0. The molecule has 2 atom stereocenters. The van der Waals surface area contributed by atoms with Gasteiger partial charge in [-0.05, 0) is 74.8 Å². The number of hydrogen-bond donors (Lipinski definition) is 0. The van der Waals surface area contributed by atoms with Gasteiger partial charge in [0.25, 0.3) is 5.56 Å². The first-order valence-corrected chi connectivity index (χ1v) is 13.3. The lowest BCUT2D eigenvalue weighted by molar-refractivity contribution is 0.0565. The quantitative estimate of drug-likeness (QED) is 0.226. The van der Waals surface area contributed by atoms with Crippen molar-refractivity contribution in [2.24, 2.45) is 0 Å².